The Morgan fingerprint density at radius 3 is 2.67 bits per heavy atom. The molecule has 2 rings (SSSR count). The number of aryl methyl sites for hydroxylation is 2. The Morgan fingerprint density at radius 2 is 2.00 bits per heavy atom. The lowest BCUT2D eigenvalue weighted by molar-refractivity contribution is 0.0978. The van der Waals surface area contributed by atoms with Crippen molar-refractivity contribution in [3.8, 4) is 0 Å². The molecule has 0 aliphatic heterocycles. The van der Waals surface area contributed by atoms with Gasteiger partial charge in [-0.2, -0.15) is 0 Å². The quantitative estimate of drug-likeness (QED) is 0.573. The summed E-state index contributed by atoms with van der Waals surface area (Å²) in [6.45, 7) is 2.22. The molecule has 0 bridgehead atoms. The summed E-state index contributed by atoms with van der Waals surface area (Å²) in [5.41, 5.74) is 1.11. The molecule has 0 radical (unpaired) electrons. The zero-order chi connectivity index (χ0) is 15.4. The second-order valence-corrected chi connectivity index (χ2v) is 5.75. The van der Waals surface area contributed by atoms with Gasteiger partial charge >= 0.3 is 0 Å². The minimum atomic E-state index is -0.363. The maximum atomic E-state index is 12.8. The van der Waals surface area contributed by atoms with Crippen LogP contribution in [0.4, 0.5) is 4.39 Å². The Hall–Kier alpha value is -1.57. The highest BCUT2D eigenvalue weighted by atomic mass is 127. The van der Waals surface area contributed by atoms with Crippen LogP contribution in [0.15, 0.2) is 35.4 Å². The van der Waals surface area contributed by atoms with Crippen molar-refractivity contribution in [1.82, 2.24) is 9.55 Å². The van der Waals surface area contributed by atoms with Crippen LogP contribution in [0.2, 0.25) is 0 Å². The molecule has 2 aromatic rings. The number of ketones is 1. The molecule has 0 N–H and O–H groups in total. The molecule has 0 saturated carbocycles. The van der Waals surface area contributed by atoms with Crippen LogP contribution in [-0.4, -0.2) is 15.3 Å². The predicted octanol–water partition coefficient (Wildman–Crippen LogP) is 2.96. The van der Waals surface area contributed by atoms with E-state index in [1.807, 2.05) is 22.6 Å². The van der Waals surface area contributed by atoms with Crippen LogP contribution >= 0.6 is 22.6 Å². The van der Waals surface area contributed by atoms with Crippen LogP contribution in [0.1, 0.15) is 28.9 Å². The van der Waals surface area contributed by atoms with Crippen molar-refractivity contribution >= 4 is 28.4 Å². The fourth-order valence-corrected chi connectivity index (χ4v) is 2.34. The van der Waals surface area contributed by atoms with Crippen molar-refractivity contribution in [2.24, 2.45) is 0 Å². The summed E-state index contributed by atoms with van der Waals surface area (Å²) < 4.78 is 14.9. The molecular weight excluding hydrogens is 386 g/mol. The molecule has 0 spiro atoms. The molecule has 1 aromatic heterocycles. The standard InChI is InChI=1S/C15H14FIN2O2/c1-10-14(17)15(21)19(9-18-10)8-2-3-13(20)11-4-6-12(16)7-5-11/h4-7,9H,2-3,8H2,1H3. The van der Waals surface area contributed by atoms with Gasteiger partial charge in [-0.1, -0.05) is 0 Å². The highest BCUT2D eigenvalue weighted by Crippen LogP contribution is 2.08. The van der Waals surface area contributed by atoms with Gasteiger partial charge in [0.15, 0.2) is 5.78 Å². The smallest absolute Gasteiger partial charge is 0.266 e. The maximum absolute atomic E-state index is 12.8. The number of benzene rings is 1. The Balaban J connectivity index is 1.96. The second-order valence-electron chi connectivity index (χ2n) is 4.68. The predicted molar refractivity (Wildman–Crippen MR) is 85.9 cm³/mol. The molecule has 1 aromatic carbocycles. The topological polar surface area (TPSA) is 52.0 Å². The summed E-state index contributed by atoms with van der Waals surface area (Å²) in [4.78, 5) is 28.0. The number of Topliss-reactive ketones (excluding diaryl/α,β-unsaturated/α-hetero) is 1. The number of carbonyl (C=O) groups is 1. The SMILES string of the molecule is Cc1ncn(CCCC(=O)c2ccc(F)cc2)c(=O)c1I. The van der Waals surface area contributed by atoms with Crippen LogP contribution in [0, 0.1) is 16.3 Å². The van der Waals surface area contributed by atoms with Crippen molar-refractivity contribution in [3.63, 3.8) is 0 Å². The van der Waals surface area contributed by atoms with E-state index >= 15 is 0 Å². The number of rotatable bonds is 5. The summed E-state index contributed by atoms with van der Waals surface area (Å²) in [6.07, 6.45) is 2.35. The van der Waals surface area contributed by atoms with E-state index < -0.39 is 0 Å². The molecule has 0 aliphatic rings. The van der Waals surface area contributed by atoms with Crippen LogP contribution < -0.4 is 5.56 Å². The highest BCUT2D eigenvalue weighted by Gasteiger charge is 2.08. The van der Waals surface area contributed by atoms with Gasteiger partial charge in [-0.25, -0.2) is 9.37 Å². The summed E-state index contributed by atoms with van der Waals surface area (Å²) in [7, 11) is 0. The van der Waals surface area contributed by atoms with Gasteiger partial charge in [-0.15, -0.1) is 0 Å². The average Bonchev–Trinajstić information content (AvgIpc) is 2.48. The van der Waals surface area contributed by atoms with E-state index in [1.54, 1.807) is 6.92 Å². The third kappa shape index (κ3) is 3.96. The zero-order valence-electron chi connectivity index (χ0n) is 11.5. The first-order valence-electron chi connectivity index (χ1n) is 6.49. The van der Waals surface area contributed by atoms with Gasteiger partial charge in [0.2, 0.25) is 0 Å². The molecule has 110 valence electrons. The average molecular weight is 400 g/mol. The van der Waals surface area contributed by atoms with Gasteiger partial charge < -0.3 is 0 Å². The first-order chi connectivity index (χ1) is 9.99. The molecular formula is C15H14FIN2O2. The molecule has 0 unspecified atom stereocenters. The molecule has 0 amide bonds. The van der Waals surface area contributed by atoms with Gasteiger partial charge in [0.1, 0.15) is 5.82 Å². The molecule has 0 atom stereocenters. The first-order valence-corrected chi connectivity index (χ1v) is 7.57. The molecule has 0 aliphatic carbocycles. The molecule has 1 heterocycles. The van der Waals surface area contributed by atoms with Gasteiger partial charge in [-0.3, -0.25) is 14.2 Å². The lowest BCUT2D eigenvalue weighted by atomic mass is 10.1. The Morgan fingerprint density at radius 1 is 1.33 bits per heavy atom. The van der Waals surface area contributed by atoms with Gasteiger partial charge in [-0.05, 0) is 60.2 Å². The van der Waals surface area contributed by atoms with Crippen LogP contribution in [0.5, 0.6) is 0 Å². The Kier molecular flexibility index (Phi) is 5.22. The Bertz CT molecular complexity index is 711. The van der Waals surface area contributed by atoms with Crippen molar-refractivity contribution in [2.45, 2.75) is 26.3 Å². The number of hydrogen-bond acceptors (Lipinski definition) is 3. The first kappa shape index (κ1) is 15.8. The van der Waals surface area contributed by atoms with E-state index in [2.05, 4.69) is 4.98 Å². The van der Waals surface area contributed by atoms with E-state index in [1.165, 1.54) is 35.2 Å². The minimum absolute atomic E-state index is 0.0576. The number of aromatic nitrogens is 2. The third-order valence-corrected chi connectivity index (χ3v) is 4.37. The van der Waals surface area contributed by atoms with Crippen molar-refractivity contribution < 1.29 is 9.18 Å². The molecule has 4 nitrogen and oxygen atoms in total. The number of carbonyl (C=O) groups excluding carboxylic acids is 1. The Labute approximate surface area is 135 Å². The van der Waals surface area contributed by atoms with E-state index in [4.69, 9.17) is 0 Å². The van der Waals surface area contributed by atoms with Gasteiger partial charge in [0.05, 0.1) is 15.6 Å². The molecule has 6 heteroatoms. The fraction of sp³-hybridized carbons (Fsp3) is 0.267. The molecule has 21 heavy (non-hydrogen) atoms. The van der Waals surface area contributed by atoms with E-state index in [0.717, 1.165) is 0 Å². The molecule has 0 fully saturated rings. The summed E-state index contributed by atoms with van der Waals surface area (Å²) >= 11 is 1.97. The largest absolute Gasteiger partial charge is 0.298 e. The van der Waals surface area contributed by atoms with E-state index in [0.29, 0.717) is 34.2 Å². The van der Waals surface area contributed by atoms with E-state index in [-0.39, 0.29) is 17.2 Å². The number of nitrogens with zero attached hydrogens (tertiary/aromatic N) is 2. The lowest BCUT2D eigenvalue weighted by Crippen LogP contribution is -2.24. The third-order valence-electron chi connectivity index (χ3n) is 3.13. The van der Waals surface area contributed by atoms with Crippen molar-refractivity contribution in [2.75, 3.05) is 0 Å². The normalized spacial score (nSPS) is 10.6. The summed E-state index contributed by atoms with van der Waals surface area (Å²) in [5.74, 6) is -0.420. The molecule has 0 saturated heterocycles. The number of halogens is 2. The van der Waals surface area contributed by atoms with Crippen molar-refractivity contribution in [1.29, 1.82) is 0 Å². The summed E-state index contributed by atoms with van der Waals surface area (Å²) in [5, 5.41) is 0. The highest BCUT2D eigenvalue weighted by molar-refractivity contribution is 14.1. The lowest BCUT2D eigenvalue weighted by Gasteiger charge is -2.06. The fourth-order valence-electron chi connectivity index (χ4n) is 1.90. The monoisotopic (exact) mass is 400 g/mol. The minimum Gasteiger partial charge on any atom is -0.298 e. The van der Waals surface area contributed by atoms with Crippen molar-refractivity contribution in [3.05, 3.63) is 61.6 Å². The zero-order valence-corrected chi connectivity index (χ0v) is 13.6. The second kappa shape index (κ2) is 6.93. The van der Waals surface area contributed by atoms with E-state index in [9.17, 15) is 14.0 Å². The van der Waals surface area contributed by atoms with Crippen LogP contribution in [0.25, 0.3) is 0 Å². The van der Waals surface area contributed by atoms with Crippen LogP contribution in [-0.2, 0) is 6.54 Å². The number of hydrogen-bond donors (Lipinski definition) is 0. The van der Waals surface area contributed by atoms with Gasteiger partial charge in [0, 0.05) is 18.5 Å². The maximum Gasteiger partial charge on any atom is 0.266 e. The van der Waals surface area contributed by atoms with Crippen LogP contribution in [0.3, 0.4) is 0 Å². The van der Waals surface area contributed by atoms with Gasteiger partial charge in [0.25, 0.3) is 5.56 Å². The summed E-state index contributed by atoms with van der Waals surface area (Å²) in [6, 6.07) is 5.48.